The second-order valence-electron chi connectivity index (χ2n) is 9.05. The van der Waals surface area contributed by atoms with Crippen molar-refractivity contribution in [2.24, 2.45) is 0 Å². The fourth-order valence-corrected chi connectivity index (χ4v) is 12.3. The van der Waals surface area contributed by atoms with E-state index in [0.29, 0.717) is 40.4 Å². The number of alkyl halides is 1. The van der Waals surface area contributed by atoms with Crippen molar-refractivity contribution in [1.29, 1.82) is 0 Å². The number of nitrogens with one attached hydrogen (secondary N) is 1. The lowest BCUT2D eigenvalue weighted by molar-refractivity contribution is -0.119. The predicted octanol–water partition coefficient (Wildman–Crippen LogP) is 6.09. The minimum absolute atomic E-state index is 0.132. The lowest BCUT2D eigenvalue weighted by Gasteiger charge is -2.44. The molecule has 0 bridgehead atoms. The lowest BCUT2D eigenvalue weighted by atomic mass is 10.0. The average Bonchev–Trinajstić information content (AvgIpc) is 3.19. The highest BCUT2D eigenvalue weighted by Crippen LogP contribution is 2.46. The maximum absolute atomic E-state index is 15.5. The van der Waals surface area contributed by atoms with Crippen LogP contribution >= 0.6 is 0 Å². The summed E-state index contributed by atoms with van der Waals surface area (Å²) < 4.78 is 32.7. The van der Waals surface area contributed by atoms with Crippen LogP contribution in [0.5, 0.6) is 0 Å². The molecule has 1 fully saturated rings. The fourth-order valence-electron chi connectivity index (χ4n) is 5.71. The molecule has 1 aromatic heterocycles. The molecular formula is C22H32F2N2OSi. The molecule has 0 spiro atoms. The van der Waals surface area contributed by atoms with Crippen LogP contribution in [0.4, 0.5) is 8.78 Å². The summed E-state index contributed by atoms with van der Waals surface area (Å²) >= 11 is 0. The Morgan fingerprint density at radius 1 is 1.11 bits per heavy atom. The average molecular weight is 407 g/mol. The summed E-state index contributed by atoms with van der Waals surface area (Å²) in [6.45, 7) is 13.4. The highest BCUT2D eigenvalue weighted by Gasteiger charge is 2.46. The van der Waals surface area contributed by atoms with Gasteiger partial charge in [0, 0.05) is 29.1 Å². The van der Waals surface area contributed by atoms with E-state index in [9.17, 15) is 9.18 Å². The van der Waals surface area contributed by atoms with Gasteiger partial charge in [-0.2, -0.15) is 0 Å². The van der Waals surface area contributed by atoms with Crippen LogP contribution in [0, 0.1) is 5.82 Å². The van der Waals surface area contributed by atoms with Gasteiger partial charge in [-0.3, -0.25) is 4.79 Å². The van der Waals surface area contributed by atoms with Gasteiger partial charge in [0.2, 0.25) is 5.91 Å². The van der Waals surface area contributed by atoms with Crippen LogP contribution in [0.15, 0.2) is 24.4 Å². The maximum Gasteiger partial charge on any atom is 0.220 e. The molecule has 3 rings (SSSR count). The third kappa shape index (κ3) is 3.10. The van der Waals surface area contributed by atoms with Gasteiger partial charge >= 0.3 is 0 Å². The highest BCUT2D eigenvalue weighted by molar-refractivity contribution is 6.82. The zero-order valence-electron chi connectivity index (χ0n) is 17.7. The Labute approximate surface area is 167 Å². The zero-order chi connectivity index (χ0) is 20.8. The summed E-state index contributed by atoms with van der Waals surface area (Å²) in [4.78, 5) is 11.6. The first-order valence-corrected chi connectivity index (χ1v) is 12.5. The summed E-state index contributed by atoms with van der Waals surface area (Å²) in [5, 5.41) is 3.09. The molecule has 3 nitrogen and oxygen atoms in total. The van der Waals surface area contributed by atoms with Crippen molar-refractivity contribution >= 4 is 25.0 Å². The second-order valence-corrected chi connectivity index (χ2v) is 14.8. The molecule has 6 heteroatoms. The molecule has 154 valence electrons. The van der Waals surface area contributed by atoms with Crippen LogP contribution in [0.2, 0.25) is 16.6 Å². The van der Waals surface area contributed by atoms with E-state index in [4.69, 9.17) is 0 Å². The molecule has 1 aliphatic heterocycles. The molecule has 2 atom stereocenters. The number of hydrogen-bond acceptors (Lipinski definition) is 1. The maximum atomic E-state index is 15.5. The number of nitrogens with zero attached hydrogens (tertiary/aromatic N) is 1. The molecular weight excluding hydrogens is 374 g/mol. The topological polar surface area (TPSA) is 34.0 Å². The van der Waals surface area contributed by atoms with Crippen molar-refractivity contribution in [2.75, 3.05) is 0 Å². The SMILES string of the molecule is CC(C)[Si](C(C)C)(C(C)C)n1cc([C@H](F)C2CCC(=O)N2)c2c(F)cccc21. The Kier molecular flexibility index (Phi) is 5.72. The van der Waals surface area contributed by atoms with Crippen molar-refractivity contribution in [3.05, 3.63) is 35.8 Å². The smallest absolute Gasteiger partial charge is 0.220 e. The monoisotopic (exact) mass is 406 g/mol. The molecule has 28 heavy (non-hydrogen) atoms. The van der Waals surface area contributed by atoms with E-state index in [1.54, 1.807) is 6.07 Å². The molecule has 1 amide bonds. The standard InChI is InChI=1S/C22H32F2N2OSi/c1-13(2)28(14(3)4,15(5)6)26-12-16(21-17(23)8-7-9-19(21)26)22(24)18-10-11-20(27)25-18/h7-9,12-15,18,22H,10-11H2,1-6H3,(H,25,27)/t18?,22-/m0/s1. The molecule has 1 aromatic carbocycles. The number of hydrogen-bond donors (Lipinski definition) is 1. The molecule has 2 aromatic rings. The van der Waals surface area contributed by atoms with Crippen molar-refractivity contribution < 1.29 is 13.6 Å². The summed E-state index contributed by atoms with van der Waals surface area (Å²) in [6, 6.07) is 4.44. The van der Waals surface area contributed by atoms with Gasteiger partial charge in [0.15, 0.2) is 8.24 Å². The van der Waals surface area contributed by atoms with Crippen molar-refractivity contribution in [1.82, 2.24) is 9.55 Å². The van der Waals surface area contributed by atoms with Gasteiger partial charge in [0.05, 0.1) is 6.04 Å². The summed E-state index contributed by atoms with van der Waals surface area (Å²) in [6.07, 6.45) is 1.23. The molecule has 1 aliphatic rings. The van der Waals surface area contributed by atoms with Gasteiger partial charge in [-0.15, -0.1) is 0 Å². The van der Waals surface area contributed by atoms with Crippen molar-refractivity contribution in [3.8, 4) is 0 Å². The Morgan fingerprint density at radius 3 is 2.21 bits per heavy atom. The van der Waals surface area contributed by atoms with Crippen LogP contribution < -0.4 is 5.32 Å². The minimum atomic E-state index is -2.17. The molecule has 0 saturated carbocycles. The number of fused-ring (bicyclic) bond motifs is 1. The minimum Gasteiger partial charge on any atom is -0.373 e. The molecule has 1 unspecified atom stereocenters. The van der Waals surface area contributed by atoms with Gasteiger partial charge < -0.3 is 9.55 Å². The Balaban J connectivity index is 2.27. The van der Waals surface area contributed by atoms with E-state index in [2.05, 4.69) is 51.1 Å². The number of rotatable bonds is 6. The van der Waals surface area contributed by atoms with Crippen LogP contribution in [-0.4, -0.2) is 24.4 Å². The van der Waals surface area contributed by atoms with E-state index in [1.807, 2.05) is 12.3 Å². The van der Waals surface area contributed by atoms with E-state index < -0.39 is 26.3 Å². The molecule has 2 heterocycles. The zero-order valence-corrected chi connectivity index (χ0v) is 18.7. The lowest BCUT2D eigenvalue weighted by Crippen LogP contribution is -2.51. The molecule has 1 saturated heterocycles. The van der Waals surface area contributed by atoms with E-state index in [-0.39, 0.29) is 5.91 Å². The number of halogens is 2. The summed E-state index contributed by atoms with van der Waals surface area (Å²) in [5.41, 5.74) is 2.37. The predicted molar refractivity (Wildman–Crippen MR) is 113 cm³/mol. The number of aromatic nitrogens is 1. The Hall–Kier alpha value is -1.69. The molecule has 0 radical (unpaired) electrons. The first-order chi connectivity index (χ1) is 13.1. The third-order valence-electron chi connectivity index (χ3n) is 6.68. The van der Waals surface area contributed by atoms with Crippen LogP contribution in [0.3, 0.4) is 0 Å². The van der Waals surface area contributed by atoms with Crippen molar-refractivity contribution in [2.45, 2.75) is 83.2 Å². The van der Waals surface area contributed by atoms with Crippen molar-refractivity contribution in [3.63, 3.8) is 0 Å². The van der Waals surface area contributed by atoms with E-state index >= 15 is 4.39 Å². The third-order valence-corrected chi connectivity index (χ3v) is 13.4. The van der Waals surface area contributed by atoms with Gasteiger partial charge in [-0.25, -0.2) is 8.78 Å². The quantitative estimate of drug-likeness (QED) is 0.578. The van der Waals surface area contributed by atoms with Gasteiger partial charge in [0.25, 0.3) is 0 Å². The number of benzene rings is 1. The van der Waals surface area contributed by atoms with Crippen LogP contribution in [-0.2, 0) is 4.79 Å². The molecule has 0 aliphatic carbocycles. The van der Waals surface area contributed by atoms with E-state index in [0.717, 1.165) is 5.52 Å². The Morgan fingerprint density at radius 2 is 1.71 bits per heavy atom. The Bertz CT molecular complexity index is 853. The highest BCUT2D eigenvalue weighted by atomic mass is 28.3. The normalized spacial score (nSPS) is 19.2. The van der Waals surface area contributed by atoms with Gasteiger partial charge in [-0.1, -0.05) is 47.6 Å². The van der Waals surface area contributed by atoms with Gasteiger partial charge in [-0.05, 0) is 35.2 Å². The first kappa shape index (κ1) is 21.0. The first-order valence-electron chi connectivity index (χ1n) is 10.4. The largest absolute Gasteiger partial charge is 0.373 e. The second kappa shape index (κ2) is 7.62. The molecule has 1 N–H and O–H groups in total. The van der Waals surface area contributed by atoms with Crippen LogP contribution in [0.1, 0.15) is 66.1 Å². The fraction of sp³-hybridized carbons (Fsp3) is 0.591. The number of carbonyl (C=O) groups is 1. The summed E-state index contributed by atoms with van der Waals surface area (Å²) in [7, 11) is -2.17. The number of amides is 1. The van der Waals surface area contributed by atoms with E-state index in [1.165, 1.54) is 6.07 Å². The number of carbonyl (C=O) groups excluding carboxylic acids is 1. The van der Waals surface area contributed by atoms with Crippen LogP contribution in [0.25, 0.3) is 10.9 Å². The van der Waals surface area contributed by atoms with Gasteiger partial charge in [0.1, 0.15) is 12.0 Å². The summed E-state index contributed by atoms with van der Waals surface area (Å²) in [5.74, 6) is -0.524.